The molecule has 0 atom stereocenters. The van der Waals surface area contributed by atoms with Gasteiger partial charge in [-0.05, 0) is 43.2 Å². The molecule has 0 aliphatic carbocycles. The maximum atomic E-state index is 11.8. The Labute approximate surface area is 118 Å². The van der Waals surface area contributed by atoms with Gasteiger partial charge in [-0.25, -0.2) is 0 Å². The predicted molar refractivity (Wildman–Crippen MR) is 76.7 cm³/mol. The molecule has 0 bridgehead atoms. The minimum Gasteiger partial charge on any atom is -0.426 e. The number of esters is 1. The first-order valence-corrected chi connectivity index (χ1v) is 6.45. The van der Waals surface area contributed by atoms with Crippen molar-refractivity contribution in [1.29, 1.82) is 0 Å². The smallest absolute Gasteiger partial charge is 0.315 e. The fourth-order valence-electron chi connectivity index (χ4n) is 1.84. The number of halogens is 1. The number of hydrogen-bond donors (Lipinski definition) is 0. The van der Waals surface area contributed by atoms with Gasteiger partial charge >= 0.3 is 5.97 Å². The number of benzene rings is 2. The Morgan fingerprint density at radius 2 is 1.79 bits per heavy atom. The summed E-state index contributed by atoms with van der Waals surface area (Å²) in [5, 5.41) is 0.659. The molecule has 0 aromatic heterocycles. The molecule has 0 unspecified atom stereocenters. The summed E-state index contributed by atoms with van der Waals surface area (Å²) in [6, 6.07) is 12.9. The van der Waals surface area contributed by atoms with Gasteiger partial charge in [-0.1, -0.05) is 41.4 Å². The Bertz CT molecular complexity index is 588. The van der Waals surface area contributed by atoms with Gasteiger partial charge in [0, 0.05) is 5.02 Å². The molecule has 0 radical (unpaired) electrons. The summed E-state index contributed by atoms with van der Waals surface area (Å²) in [5.74, 6) is 0.346. The average molecular weight is 275 g/mol. The second-order valence-corrected chi connectivity index (χ2v) is 4.98. The summed E-state index contributed by atoms with van der Waals surface area (Å²) in [6.07, 6.45) is 0.241. The van der Waals surface area contributed by atoms with Crippen LogP contribution in [0.15, 0.2) is 42.5 Å². The summed E-state index contributed by atoms with van der Waals surface area (Å²) in [7, 11) is 0. The van der Waals surface area contributed by atoms with Crippen molar-refractivity contribution in [2.45, 2.75) is 20.3 Å². The van der Waals surface area contributed by atoms with Crippen LogP contribution in [0.25, 0.3) is 0 Å². The molecular weight excluding hydrogens is 260 g/mol. The molecule has 19 heavy (non-hydrogen) atoms. The highest BCUT2D eigenvalue weighted by molar-refractivity contribution is 6.30. The standard InChI is InChI=1S/C16H15ClO2/c1-11-3-8-15(12(2)9-11)19-16(18)10-13-4-6-14(17)7-5-13/h3-9H,10H2,1-2H3. The molecule has 2 rings (SSSR count). The van der Waals surface area contributed by atoms with Crippen LogP contribution in [0.2, 0.25) is 5.02 Å². The minimum absolute atomic E-state index is 0.241. The third kappa shape index (κ3) is 3.83. The van der Waals surface area contributed by atoms with Crippen molar-refractivity contribution in [2.24, 2.45) is 0 Å². The Kier molecular flexibility index (Phi) is 4.23. The Hall–Kier alpha value is -1.80. The third-order valence-electron chi connectivity index (χ3n) is 2.82. The van der Waals surface area contributed by atoms with Crippen LogP contribution < -0.4 is 4.74 Å². The summed E-state index contributed by atoms with van der Waals surface area (Å²) in [6.45, 7) is 3.93. The van der Waals surface area contributed by atoms with E-state index in [1.54, 1.807) is 12.1 Å². The normalized spacial score (nSPS) is 10.3. The van der Waals surface area contributed by atoms with E-state index in [0.717, 1.165) is 16.7 Å². The zero-order chi connectivity index (χ0) is 13.8. The second-order valence-electron chi connectivity index (χ2n) is 4.55. The van der Waals surface area contributed by atoms with E-state index < -0.39 is 0 Å². The van der Waals surface area contributed by atoms with Crippen molar-refractivity contribution in [2.75, 3.05) is 0 Å². The first-order chi connectivity index (χ1) is 9.04. The first-order valence-electron chi connectivity index (χ1n) is 6.07. The summed E-state index contributed by atoms with van der Waals surface area (Å²) < 4.78 is 5.36. The lowest BCUT2D eigenvalue weighted by molar-refractivity contribution is -0.133. The van der Waals surface area contributed by atoms with Crippen LogP contribution in [0.3, 0.4) is 0 Å². The van der Waals surface area contributed by atoms with Gasteiger partial charge in [0.25, 0.3) is 0 Å². The monoisotopic (exact) mass is 274 g/mol. The highest BCUT2D eigenvalue weighted by Gasteiger charge is 2.08. The van der Waals surface area contributed by atoms with E-state index in [1.807, 2.05) is 44.2 Å². The largest absolute Gasteiger partial charge is 0.426 e. The summed E-state index contributed by atoms with van der Waals surface area (Å²) in [4.78, 5) is 11.8. The molecule has 0 N–H and O–H groups in total. The topological polar surface area (TPSA) is 26.3 Å². The molecule has 2 aromatic rings. The lowest BCUT2D eigenvalue weighted by Crippen LogP contribution is -2.11. The van der Waals surface area contributed by atoms with Crippen LogP contribution >= 0.6 is 11.6 Å². The number of rotatable bonds is 3. The molecule has 0 amide bonds. The number of carbonyl (C=O) groups is 1. The number of ether oxygens (including phenoxy) is 1. The van der Waals surface area contributed by atoms with E-state index in [0.29, 0.717) is 10.8 Å². The van der Waals surface area contributed by atoms with Crippen LogP contribution in [-0.2, 0) is 11.2 Å². The second kappa shape index (κ2) is 5.89. The van der Waals surface area contributed by atoms with Crippen LogP contribution in [0, 0.1) is 13.8 Å². The number of aryl methyl sites for hydroxylation is 2. The van der Waals surface area contributed by atoms with E-state index in [-0.39, 0.29) is 12.4 Å². The molecule has 0 saturated carbocycles. The average Bonchev–Trinajstić information content (AvgIpc) is 2.36. The number of carbonyl (C=O) groups excluding carboxylic acids is 1. The maximum absolute atomic E-state index is 11.8. The van der Waals surface area contributed by atoms with Gasteiger partial charge in [0.1, 0.15) is 5.75 Å². The highest BCUT2D eigenvalue weighted by Crippen LogP contribution is 2.19. The molecule has 0 aliphatic rings. The lowest BCUT2D eigenvalue weighted by atomic mass is 10.1. The molecule has 3 heteroatoms. The van der Waals surface area contributed by atoms with Crippen molar-refractivity contribution in [3.05, 3.63) is 64.2 Å². The maximum Gasteiger partial charge on any atom is 0.315 e. The highest BCUT2D eigenvalue weighted by atomic mass is 35.5. The SMILES string of the molecule is Cc1ccc(OC(=O)Cc2ccc(Cl)cc2)c(C)c1. The fourth-order valence-corrected chi connectivity index (χ4v) is 1.97. The van der Waals surface area contributed by atoms with Crippen molar-refractivity contribution in [3.8, 4) is 5.75 Å². The Morgan fingerprint density at radius 1 is 1.11 bits per heavy atom. The minimum atomic E-state index is -0.269. The van der Waals surface area contributed by atoms with Gasteiger partial charge in [-0.3, -0.25) is 4.79 Å². The van der Waals surface area contributed by atoms with Gasteiger partial charge in [0.05, 0.1) is 6.42 Å². The van der Waals surface area contributed by atoms with E-state index in [2.05, 4.69) is 0 Å². The summed E-state index contributed by atoms with van der Waals surface area (Å²) in [5.41, 5.74) is 3.00. The van der Waals surface area contributed by atoms with Crippen LogP contribution in [0.1, 0.15) is 16.7 Å². The van der Waals surface area contributed by atoms with E-state index in [9.17, 15) is 4.79 Å². The van der Waals surface area contributed by atoms with Crippen molar-refractivity contribution < 1.29 is 9.53 Å². The molecule has 2 aromatic carbocycles. The van der Waals surface area contributed by atoms with Gasteiger partial charge in [-0.15, -0.1) is 0 Å². The van der Waals surface area contributed by atoms with Gasteiger partial charge < -0.3 is 4.74 Å². The molecule has 0 saturated heterocycles. The Morgan fingerprint density at radius 3 is 2.42 bits per heavy atom. The molecule has 98 valence electrons. The zero-order valence-corrected chi connectivity index (χ0v) is 11.7. The van der Waals surface area contributed by atoms with Crippen molar-refractivity contribution >= 4 is 17.6 Å². The first kappa shape index (κ1) is 13.6. The van der Waals surface area contributed by atoms with Crippen LogP contribution in [0.5, 0.6) is 5.75 Å². The summed E-state index contributed by atoms with van der Waals surface area (Å²) >= 11 is 5.80. The fraction of sp³-hybridized carbons (Fsp3) is 0.188. The molecule has 2 nitrogen and oxygen atoms in total. The lowest BCUT2D eigenvalue weighted by Gasteiger charge is -2.08. The third-order valence-corrected chi connectivity index (χ3v) is 3.07. The predicted octanol–water partition coefficient (Wildman–Crippen LogP) is 4.10. The van der Waals surface area contributed by atoms with Gasteiger partial charge in [-0.2, -0.15) is 0 Å². The molecule has 0 aliphatic heterocycles. The number of hydrogen-bond acceptors (Lipinski definition) is 2. The van der Waals surface area contributed by atoms with Crippen LogP contribution in [0.4, 0.5) is 0 Å². The van der Waals surface area contributed by atoms with Crippen LogP contribution in [-0.4, -0.2) is 5.97 Å². The molecule has 0 heterocycles. The van der Waals surface area contributed by atoms with E-state index in [1.165, 1.54) is 0 Å². The van der Waals surface area contributed by atoms with Gasteiger partial charge in [0.15, 0.2) is 0 Å². The zero-order valence-electron chi connectivity index (χ0n) is 10.9. The van der Waals surface area contributed by atoms with E-state index >= 15 is 0 Å². The molecule has 0 fully saturated rings. The Balaban J connectivity index is 2.03. The molecule has 0 spiro atoms. The van der Waals surface area contributed by atoms with Gasteiger partial charge in [0.2, 0.25) is 0 Å². The van der Waals surface area contributed by atoms with Crippen molar-refractivity contribution in [1.82, 2.24) is 0 Å². The quantitative estimate of drug-likeness (QED) is 0.622. The van der Waals surface area contributed by atoms with Crippen molar-refractivity contribution in [3.63, 3.8) is 0 Å². The van der Waals surface area contributed by atoms with E-state index in [4.69, 9.17) is 16.3 Å². The molecular formula is C16H15ClO2.